The van der Waals surface area contributed by atoms with Crippen LogP contribution in [0.3, 0.4) is 0 Å². The van der Waals surface area contributed by atoms with Crippen LogP contribution in [-0.4, -0.2) is 23.5 Å². The Labute approximate surface area is 128 Å². The quantitative estimate of drug-likeness (QED) is 0.915. The Morgan fingerprint density at radius 1 is 1.33 bits per heavy atom. The van der Waals surface area contributed by atoms with E-state index < -0.39 is 0 Å². The van der Waals surface area contributed by atoms with Crippen molar-refractivity contribution in [1.29, 1.82) is 0 Å². The highest BCUT2D eigenvalue weighted by Gasteiger charge is 2.29. The first-order chi connectivity index (χ1) is 9.79. The Morgan fingerprint density at radius 3 is 2.90 bits per heavy atom. The molecule has 1 aromatic heterocycles. The van der Waals surface area contributed by atoms with Crippen molar-refractivity contribution in [1.82, 2.24) is 10.3 Å². The van der Waals surface area contributed by atoms with Gasteiger partial charge in [0.25, 0.3) is 0 Å². The molecule has 112 valence electrons. The number of benzene rings is 1. The minimum atomic E-state index is -0.0672. The Kier molecular flexibility index (Phi) is 3.87. The van der Waals surface area contributed by atoms with Gasteiger partial charge in [-0.2, -0.15) is 0 Å². The van der Waals surface area contributed by atoms with Crippen LogP contribution in [0.5, 0.6) is 0 Å². The predicted octanol–water partition coefficient (Wildman–Crippen LogP) is 2.82. The van der Waals surface area contributed by atoms with E-state index in [0.29, 0.717) is 5.92 Å². The minimum Gasteiger partial charge on any atom is -0.440 e. The Balaban J connectivity index is 0.00000132. The van der Waals surface area contributed by atoms with Crippen LogP contribution in [0.2, 0.25) is 0 Å². The van der Waals surface area contributed by atoms with Crippen LogP contribution in [0.1, 0.15) is 37.5 Å². The molecule has 2 aliphatic rings. The molecule has 1 amide bonds. The van der Waals surface area contributed by atoms with Gasteiger partial charge < -0.3 is 15.1 Å². The summed E-state index contributed by atoms with van der Waals surface area (Å²) in [5.41, 5.74) is 2.39. The second-order valence-corrected chi connectivity index (χ2v) is 5.65. The molecule has 1 saturated carbocycles. The third-order valence-electron chi connectivity index (χ3n) is 3.98. The van der Waals surface area contributed by atoms with E-state index in [1.807, 2.05) is 18.2 Å². The third-order valence-corrected chi connectivity index (χ3v) is 3.98. The summed E-state index contributed by atoms with van der Waals surface area (Å²) in [6.07, 6.45) is 4.31. The van der Waals surface area contributed by atoms with Gasteiger partial charge >= 0.3 is 0 Å². The number of carbonyl (C=O) groups is 1. The number of rotatable bonds is 3. The number of fused-ring (bicyclic) bond motifs is 1. The van der Waals surface area contributed by atoms with Crippen LogP contribution in [0, 0.1) is 0 Å². The number of anilines is 1. The van der Waals surface area contributed by atoms with Crippen molar-refractivity contribution in [2.75, 3.05) is 11.9 Å². The molecule has 0 bridgehead atoms. The van der Waals surface area contributed by atoms with Gasteiger partial charge in [0, 0.05) is 17.7 Å². The van der Waals surface area contributed by atoms with Crippen molar-refractivity contribution < 1.29 is 9.21 Å². The number of nitrogens with one attached hydrogen (secondary N) is 2. The lowest BCUT2D eigenvalue weighted by atomic mass is 10.2. The van der Waals surface area contributed by atoms with Crippen molar-refractivity contribution in [2.45, 2.75) is 37.6 Å². The Hall–Kier alpha value is -1.59. The summed E-state index contributed by atoms with van der Waals surface area (Å²) >= 11 is 0. The molecule has 2 fully saturated rings. The highest BCUT2D eigenvalue weighted by atomic mass is 35.5. The third kappa shape index (κ3) is 2.89. The summed E-state index contributed by atoms with van der Waals surface area (Å²) in [4.78, 5) is 16.5. The summed E-state index contributed by atoms with van der Waals surface area (Å²) in [5, 5.41) is 6.13. The van der Waals surface area contributed by atoms with Gasteiger partial charge in [-0.15, -0.1) is 12.4 Å². The molecule has 0 radical (unpaired) electrons. The molecule has 1 aliphatic carbocycles. The molecule has 21 heavy (non-hydrogen) atoms. The van der Waals surface area contributed by atoms with Crippen molar-refractivity contribution in [2.24, 2.45) is 0 Å². The van der Waals surface area contributed by atoms with Gasteiger partial charge in [0.1, 0.15) is 5.52 Å². The van der Waals surface area contributed by atoms with Crippen LogP contribution in [-0.2, 0) is 4.79 Å². The lowest BCUT2D eigenvalue weighted by Gasteiger charge is -2.10. The molecule has 2 heterocycles. The van der Waals surface area contributed by atoms with Gasteiger partial charge in [-0.1, -0.05) is 0 Å². The molecule has 4 rings (SSSR count). The molecule has 1 saturated heterocycles. The second kappa shape index (κ2) is 5.66. The maximum Gasteiger partial charge on any atom is 0.241 e. The number of amides is 1. The molecule has 5 nitrogen and oxygen atoms in total. The first-order valence-electron chi connectivity index (χ1n) is 7.24. The molecular weight excluding hydrogens is 290 g/mol. The smallest absolute Gasteiger partial charge is 0.241 e. The zero-order valence-electron chi connectivity index (χ0n) is 11.6. The van der Waals surface area contributed by atoms with E-state index in [9.17, 15) is 4.79 Å². The van der Waals surface area contributed by atoms with Crippen LogP contribution in [0.15, 0.2) is 22.6 Å². The predicted molar refractivity (Wildman–Crippen MR) is 82.9 cm³/mol. The average molecular weight is 308 g/mol. The lowest BCUT2D eigenvalue weighted by Crippen LogP contribution is -2.35. The molecule has 1 aromatic carbocycles. The molecular formula is C15H18ClN3O2. The van der Waals surface area contributed by atoms with Gasteiger partial charge in [0.15, 0.2) is 11.5 Å². The maximum absolute atomic E-state index is 12.1. The van der Waals surface area contributed by atoms with Crippen molar-refractivity contribution >= 4 is 35.1 Å². The van der Waals surface area contributed by atoms with Gasteiger partial charge in [-0.25, -0.2) is 4.98 Å². The number of nitrogens with zero attached hydrogens (tertiary/aromatic N) is 1. The van der Waals surface area contributed by atoms with Gasteiger partial charge in [-0.05, 0) is 44.4 Å². The fourth-order valence-corrected chi connectivity index (χ4v) is 2.66. The monoisotopic (exact) mass is 307 g/mol. The zero-order chi connectivity index (χ0) is 13.5. The van der Waals surface area contributed by atoms with E-state index in [0.717, 1.165) is 42.1 Å². The number of halogens is 1. The van der Waals surface area contributed by atoms with Gasteiger partial charge in [0.2, 0.25) is 5.91 Å². The molecule has 2 aromatic rings. The van der Waals surface area contributed by atoms with Crippen molar-refractivity contribution in [3.05, 3.63) is 24.1 Å². The zero-order valence-corrected chi connectivity index (χ0v) is 12.4. The number of oxazole rings is 1. The summed E-state index contributed by atoms with van der Waals surface area (Å²) in [6.45, 7) is 0.921. The van der Waals surface area contributed by atoms with E-state index in [2.05, 4.69) is 15.6 Å². The fourth-order valence-electron chi connectivity index (χ4n) is 2.66. The summed E-state index contributed by atoms with van der Waals surface area (Å²) in [5.74, 6) is 1.37. The standard InChI is InChI=1S/C15H17N3O2.ClH/c19-14(12-2-1-7-16-12)17-10-5-6-11-13(8-10)20-15(18-11)9-3-4-9;/h5-6,8-9,12,16H,1-4,7H2,(H,17,19);1H. The summed E-state index contributed by atoms with van der Waals surface area (Å²) in [6, 6.07) is 5.58. The minimum absolute atomic E-state index is 0. The average Bonchev–Trinajstić information content (AvgIpc) is 3.00. The van der Waals surface area contributed by atoms with E-state index >= 15 is 0 Å². The first-order valence-corrected chi connectivity index (χ1v) is 7.24. The summed E-state index contributed by atoms with van der Waals surface area (Å²) in [7, 11) is 0. The normalized spacial score (nSPS) is 21.2. The second-order valence-electron chi connectivity index (χ2n) is 5.65. The molecule has 2 N–H and O–H groups in total. The van der Waals surface area contributed by atoms with Crippen LogP contribution in [0.25, 0.3) is 11.1 Å². The Bertz CT molecular complexity index is 660. The molecule has 1 aliphatic heterocycles. The number of hydrogen-bond acceptors (Lipinski definition) is 4. The van der Waals surface area contributed by atoms with E-state index in [-0.39, 0.29) is 24.4 Å². The van der Waals surface area contributed by atoms with E-state index in [1.54, 1.807) is 0 Å². The topological polar surface area (TPSA) is 67.2 Å². The Morgan fingerprint density at radius 2 is 2.19 bits per heavy atom. The molecule has 0 spiro atoms. The van der Waals surface area contributed by atoms with Crippen LogP contribution < -0.4 is 10.6 Å². The van der Waals surface area contributed by atoms with Crippen LogP contribution in [0.4, 0.5) is 5.69 Å². The van der Waals surface area contributed by atoms with E-state index in [1.165, 1.54) is 12.8 Å². The molecule has 1 unspecified atom stereocenters. The van der Waals surface area contributed by atoms with Gasteiger partial charge in [-0.3, -0.25) is 4.79 Å². The number of carbonyl (C=O) groups excluding carboxylic acids is 1. The first kappa shape index (κ1) is 14.4. The highest BCUT2D eigenvalue weighted by Crippen LogP contribution is 2.40. The fraction of sp³-hybridized carbons (Fsp3) is 0.467. The largest absolute Gasteiger partial charge is 0.440 e. The number of hydrogen-bond donors (Lipinski definition) is 2. The maximum atomic E-state index is 12.1. The van der Waals surface area contributed by atoms with Gasteiger partial charge in [0.05, 0.1) is 6.04 Å². The van der Waals surface area contributed by atoms with E-state index in [4.69, 9.17) is 4.42 Å². The van der Waals surface area contributed by atoms with Crippen molar-refractivity contribution in [3.63, 3.8) is 0 Å². The van der Waals surface area contributed by atoms with Crippen LogP contribution >= 0.6 is 12.4 Å². The number of aromatic nitrogens is 1. The lowest BCUT2D eigenvalue weighted by molar-refractivity contribution is -0.117. The summed E-state index contributed by atoms with van der Waals surface area (Å²) < 4.78 is 5.76. The highest BCUT2D eigenvalue weighted by molar-refractivity contribution is 5.96. The molecule has 1 atom stereocenters. The SMILES string of the molecule is Cl.O=C(Nc1ccc2nc(C3CC3)oc2c1)C1CCCN1. The van der Waals surface area contributed by atoms with Crippen molar-refractivity contribution in [3.8, 4) is 0 Å². The molecule has 6 heteroatoms.